The molecular formula is C19H15NO4. The number of fused-ring (bicyclic) bond motifs is 1. The normalized spacial score (nSPS) is 12.2. The quantitative estimate of drug-likeness (QED) is 0.732. The van der Waals surface area contributed by atoms with Gasteiger partial charge >= 0.3 is 0 Å². The third kappa shape index (κ3) is 2.60. The molecule has 1 aromatic heterocycles. The van der Waals surface area contributed by atoms with Gasteiger partial charge in [0.15, 0.2) is 17.3 Å². The van der Waals surface area contributed by atoms with Crippen molar-refractivity contribution in [3.05, 3.63) is 78.3 Å². The lowest BCUT2D eigenvalue weighted by molar-refractivity contribution is 0.0958. The SMILES string of the molecule is O=C(c1ccco1)N(Cc1cccc2c1OCO2)c1ccccc1. The molecule has 3 aromatic rings. The number of carbonyl (C=O) groups excluding carboxylic acids is 1. The van der Waals surface area contributed by atoms with Crippen molar-refractivity contribution >= 4 is 11.6 Å². The third-order valence-corrected chi connectivity index (χ3v) is 3.85. The molecule has 0 unspecified atom stereocenters. The predicted molar refractivity (Wildman–Crippen MR) is 88.2 cm³/mol. The van der Waals surface area contributed by atoms with E-state index in [0.717, 1.165) is 11.3 Å². The van der Waals surface area contributed by atoms with E-state index in [1.54, 1.807) is 17.0 Å². The van der Waals surface area contributed by atoms with Gasteiger partial charge in [-0.15, -0.1) is 0 Å². The lowest BCUT2D eigenvalue weighted by Crippen LogP contribution is -2.30. The molecule has 24 heavy (non-hydrogen) atoms. The zero-order chi connectivity index (χ0) is 16.4. The summed E-state index contributed by atoms with van der Waals surface area (Å²) in [5.41, 5.74) is 1.67. The van der Waals surface area contributed by atoms with Gasteiger partial charge in [0.25, 0.3) is 5.91 Å². The summed E-state index contributed by atoms with van der Waals surface area (Å²) in [5.74, 6) is 1.47. The molecule has 1 aliphatic heterocycles. The van der Waals surface area contributed by atoms with Crippen LogP contribution in [0.5, 0.6) is 11.5 Å². The van der Waals surface area contributed by atoms with Crippen LogP contribution in [0.2, 0.25) is 0 Å². The molecule has 0 saturated heterocycles. The Hall–Kier alpha value is -3.21. The van der Waals surface area contributed by atoms with Crippen LogP contribution in [0.1, 0.15) is 16.1 Å². The summed E-state index contributed by atoms with van der Waals surface area (Å²) in [5, 5.41) is 0. The van der Waals surface area contributed by atoms with Crippen LogP contribution in [0.3, 0.4) is 0 Å². The molecule has 0 spiro atoms. The number of rotatable bonds is 4. The molecule has 0 bridgehead atoms. The largest absolute Gasteiger partial charge is 0.459 e. The van der Waals surface area contributed by atoms with Gasteiger partial charge in [0.2, 0.25) is 6.79 Å². The Balaban J connectivity index is 1.71. The van der Waals surface area contributed by atoms with E-state index in [-0.39, 0.29) is 12.7 Å². The summed E-state index contributed by atoms with van der Waals surface area (Å²) >= 11 is 0. The first kappa shape index (κ1) is 14.4. The molecule has 0 fully saturated rings. The summed E-state index contributed by atoms with van der Waals surface area (Å²) in [6.07, 6.45) is 1.49. The number of hydrogen-bond donors (Lipinski definition) is 0. The molecule has 5 nitrogen and oxygen atoms in total. The van der Waals surface area contributed by atoms with E-state index in [1.807, 2.05) is 48.5 Å². The van der Waals surface area contributed by atoms with Crippen molar-refractivity contribution in [3.8, 4) is 11.5 Å². The first-order chi connectivity index (χ1) is 11.8. The number of furan rings is 1. The maximum atomic E-state index is 12.9. The summed E-state index contributed by atoms with van der Waals surface area (Å²) < 4.78 is 16.2. The summed E-state index contributed by atoms with van der Waals surface area (Å²) in [7, 11) is 0. The molecule has 120 valence electrons. The number of para-hydroxylation sites is 2. The topological polar surface area (TPSA) is 51.9 Å². The van der Waals surface area contributed by atoms with Gasteiger partial charge in [-0.2, -0.15) is 0 Å². The zero-order valence-electron chi connectivity index (χ0n) is 12.8. The molecule has 5 heteroatoms. The number of carbonyl (C=O) groups is 1. The molecule has 1 amide bonds. The van der Waals surface area contributed by atoms with Gasteiger partial charge < -0.3 is 18.8 Å². The van der Waals surface area contributed by atoms with E-state index in [4.69, 9.17) is 13.9 Å². The van der Waals surface area contributed by atoms with Crippen LogP contribution in [0.15, 0.2) is 71.3 Å². The van der Waals surface area contributed by atoms with Crippen molar-refractivity contribution in [2.45, 2.75) is 6.54 Å². The molecule has 2 aromatic carbocycles. The van der Waals surface area contributed by atoms with Crippen LogP contribution in [0.25, 0.3) is 0 Å². The number of nitrogens with zero attached hydrogens (tertiary/aromatic N) is 1. The molecule has 0 radical (unpaired) electrons. The molecular weight excluding hydrogens is 306 g/mol. The van der Waals surface area contributed by atoms with Crippen LogP contribution >= 0.6 is 0 Å². The Morgan fingerprint density at radius 2 is 1.83 bits per heavy atom. The Morgan fingerprint density at radius 3 is 2.62 bits per heavy atom. The minimum atomic E-state index is -0.206. The number of hydrogen-bond acceptors (Lipinski definition) is 4. The highest BCUT2D eigenvalue weighted by Crippen LogP contribution is 2.36. The second-order valence-electron chi connectivity index (χ2n) is 5.36. The Morgan fingerprint density at radius 1 is 0.958 bits per heavy atom. The van der Waals surface area contributed by atoms with Crippen molar-refractivity contribution in [2.75, 3.05) is 11.7 Å². The van der Waals surface area contributed by atoms with Gasteiger partial charge in [-0.3, -0.25) is 4.79 Å². The summed E-state index contributed by atoms with van der Waals surface area (Å²) in [6.45, 7) is 0.555. The average Bonchev–Trinajstić information content (AvgIpc) is 3.31. The summed E-state index contributed by atoms with van der Waals surface area (Å²) in [6, 6.07) is 18.5. The molecule has 2 heterocycles. The predicted octanol–water partition coefficient (Wildman–Crippen LogP) is 3.86. The van der Waals surface area contributed by atoms with Crippen LogP contribution in [0.4, 0.5) is 5.69 Å². The Bertz CT molecular complexity index is 843. The molecule has 0 atom stereocenters. The molecule has 1 aliphatic rings. The van der Waals surface area contributed by atoms with Gasteiger partial charge in [-0.25, -0.2) is 0 Å². The third-order valence-electron chi connectivity index (χ3n) is 3.85. The maximum absolute atomic E-state index is 12.9. The van der Waals surface area contributed by atoms with Crippen LogP contribution in [-0.2, 0) is 6.54 Å². The van der Waals surface area contributed by atoms with E-state index in [1.165, 1.54) is 6.26 Å². The highest BCUT2D eigenvalue weighted by atomic mass is 16.7. The van der Waals surface area contributed by atoms with Gasteiger partial charge in [0.1, 0.15) is 0 Å². The number of ether oxygens (including phenoxy) is 2. The molecule has 4 rings (SSSR count). The number of amides is 1. The first-order valence-corrected chi connectivity index (χ1v) is 7.61. The van der Waals surface area contributed by atoms with Crippen molar-refractivity contribution in [1.29, 1.82) is 0 Å². The van der Waals surface area contributed by atoms with Gasteiger partial charge in [0.05, 0.1) is 12.8 Å². The second kappa shape index (κ2) is 6.12. The van der Waals surface area contributed by atoms with Gasteiger partial charge in [-0.05, 0) is 30.3 Å². The number of anilines is 1. The standard InChI is InChI=1S/C19H15NO4/c21-19(17-10-5-11-22-17)20(15-7-2-1-3-8-15)12-14-6-4-9-16-18(14)24-13-23-16/h1-11H,12-13H2. The van der Waals surface area contributed by atoms with Crippen molar-refractivity contribution in [2.24, 2.45) is 0 Å². The van der Waals surface area contributed by atoms with Crippen molar-refractivity contribution < 1.29 is 18.7 Å². The Kier molecular flexibility index (Phi) is 3.67. The van der Waals surface area contributed by atoms with Crippen LogP contribution < -0.4 is 14.4 Å². The first-order valence-electron chi connectivity index (χ1n) is 7.61. The lowest BCUT2D eigenvalue weighted by atomic mass is 10.1. The van der Waals surface area contributed by atoms with E-state index >= 15 is 0 Å². The van der Waals surface area contributed by atoms with Gasteiger partial charge in [0, 0.05) is 11.3 Å². The minimum Gasteiger partial charge on any atom is -0.459 e. The van der Waals surface area contributed by atoms with Crippen molar-refractivity contribution in [1.82, 2.24) is 0 Å². The van der Waals surface area contributed by atoms with Crippen LogP contribution in [0, 0.1) is 0 Å². The zero-order valence-corrected chi connectivity index (χ0v) is 12.8. The fourth-order valence-electron chi connectivity index (χ4n) is 2.71. The summed E-state index contributed by atoms with van der Waals surface area (Å²) in [4.78, 5) is 14.5. The maximum Gasteiger partial charge on any atom is 0.294 e. The smallest absolute Gasteiger partial charge is 0.294 e. The molecule has 0 saturated carbocycles. The van der Waals surface area contributed by atoms with Crippen molar-refractivity contribution in [3.63, 3.8) is 0 Å². The highest BCUT2D eigenvalue weighted by molar-refractivity contribution is 6.04. The monoisotopic (exact) mass is 321 g/mol. The van der Waals surface area contributed by atoms with E-state index in [0.29, 0.717) is 23.8 Å². The minimum absolute atomic E-state index is 0.198. The Labute approximate surface area is 139 Å². The highest BCUT2D eigenvalue weighted by Gasteiger charge is 2.24. The van der Waals surface area contributed by atoms with Gasteiger partial charge in [-0.1, -0.05) is 30.3 Å². The average molecular weight is 321 g/mol. The fourth-order valence-corrected chi connectivity index (χ4v) is 2.71. The van der Waals surface area contributed by atoms with E-state index in [9.17, 15) is 4.79 Å². The number of benzene rings is 2. The second-order valence-corrected chi connectivity index (χ2v) is 5.36. The van der Waals surface area contributed by atoms with E-state index in [2.05, 4.69) is 0 Å². The molecule has 0 aliphatic carbocycles. The van der Waals surface area contributed by atoms with E-state index < -0.39 is 0 Å². The van der Waals surface area contributed by atoms with Crippen LogP contribution in [-0.4, -0.2) is 12.7 Å². The lowest BCUT2D eigenvalue weighted by Gasteiger charge is -2.22. The molecule has 0 N–H and O–H groups in total. The fraction of sp³-hybridized carbons (Fsp3) is 0.105.